The molecule has 148 valence electrons. The number of rotatable bonds is 12. The van der Waals surface area contributed by atoms with Crippen LogP contribution in [0.2, 0.25) is 0 Å². The Morgan fingerprint density at radius 1 is 0.815 bits per heavy atom. The zero-order chi connectivity index (χ0) is 20.1. The highest BCUT2D eigenvalue weighted by atomic mass is 16.5. The number of hydrogen-bond donors (Lipinski definition) is 1. The average Bonchev–Trinajstić information content (AvgIpc) is 2.65. The van der Waals surface area contributed by atoms with E-state index in [1.807, 2.05) is 0 Å². The van der Waals surface area contributed by atoms with Gasteiger partial charge in [0.15, 0.2) is 0 Å². The molecule has 0 aliphatic carbocycles. The van der Waals surface area contributed by atoms with E-state index in [4.69, 9.17) is 14.6 Å². The summed E-state index contributed by atoms with van der Waals surface area (Å²) < 4.78 is 14.7. The molecule has 1 N–H and O–H groups in total. The normalized spacial score (nSPS) is 10.1. The second-order valence-electron chi connectivity index (χ2n) is 5.81. The SMILES string of the molecule is COC(=O)CCCCCC(=O)Oc1ccc(COC(=O)CCC(=O)O)cc1. The van der Waals surface area contributed by atoms with Gasteiger partial charge in [0.1, 0.15) is 12.4 Å². The summed E-state index contributed by atoms with van der Waals surface area (Å²) in [6.45, 7) is 0.0207. The number of hydrogen-bond acceptors (Lipinski definition) is 7. The summed E-state index contributed by atoms with van der Waals surface area (Å²) in [5, 5.41) is 8.50. The van der Waals surface area contributed by atoms with Gasteiger partial charge in [-0.3, -0.25) is 19.2 Å². The minimum atomic E-state index is -1.05. The fourth-order valence-electron chi connectivity index (χ4n) is 2.10. The topological polar surface area (TPSA) is 116 Å². The third kappa shape index (κ3) is 10.6. The molecule has 0 saturated heterocycles. The fraction of sp³-hybridized carbons (Fsp3) is 0.474. The number of esters is 3. The van der Waals surface area contributed by atoms with Crippen LogP contribution in [-0.2, 0) is 35.3 Å². The summed E-state index contributed by atoms with van der Waals surface area (Å²) in [5.74, 6) is -1.87. The van der Waals surface area contributed by atoms with Crippen LogP contribution >= 0.6 is 0 Å². The second kappa shape index (κ2) is 12.5. The van der Waals surface area contributed by atoms with Gasteiger partial charge in [-0.05, 0) is 30.5 Å². The highest BCUT2D eigenvalue weighted by Crippen LogP contribution is 2.15. The van der Waals surface area contributed by atoms with Crippen molar-refractivity contribution in [2.75, 3.05) is 7.11 Å². The molecule has 0 aliphatic heterocycles. The van der Waals surface area contributed by atoms with E-state index in [1.165, 1.54) is 7.11 Å². The lowest BCUT2D eigenvalue weighted by Crippen LogP contribution is -2.08. The van der Waals surface area contributed by atoms with Crippen molar-refractivity contribution in [1.29, 1.82) is 0 Å². The molecule has 0 radical (unpaired) electrons. The van der Waals surface area contributed by atoms with E-state index in [9.17, 15) is 19.2 Å². The molecular formula is C19H24O8. The number of carbonyl (C=O) groups excluding carboxylic acids is 3. The number of unbranched alkanes of at least 4 members (excludes halogenated alkanes) is 2. The molecule has 0 spiro atoms. The molecule has 0 amide bonds. The number of carbonyl (C=O) groups is 4. The second-order valence-corrected chi connectivity index (χ2v) is 5.81. The van der Waals surface area contributed by atoms with Crippen LogP contribution in [0.4, 0.5) is 0 Å². The number of methoxy groups -OCH3 is 1. The molecule has 0 saturated carbocycles. The van der Waals surface area contributed by atoms with Gasteiger partial charge in [0.05, 0.1) is 20.0 Å². The predicted molar refractivity (Wildman–Crippen MR) is 93.8 cm³/mol. The number of aliphatic carboxylic acids is 1. The Morgan fingerprint density at radius 3 is 2.04 bits per heavy atom. The van der Waals surface area contributed by atoms with Crippen LogP contribution in [-0.4, -0.2) is 36.1 Å². The molecule has 27 heavy (non-hydrogen) atoms. The lowest BCUT2D eigenvalue weighted by molar-refractivity contribution is -0.148. The van der Waals surface area contributed by atoms with Gasteiger partial charge in [-0.25, -0.2) is 0 Å². The van der Waals surface area contributed by atoms with Crippen LogP contribution in [0, 0.1) is 0 Å². The van der Waals surface area contributed by atoms with Gasteiger partial charge in [0.25, 0.3) is 0 Å². The van der Waals surface area contributed by atoms with Crippen molar-refractivity contribution in [1.82, 2.24) is 0 Å². The number of benzene rings is 1. The van der Waals surface area contributed by atoms with Gasteiger partial charge < -0.3 is 19.3 Å². The molecular weight excluding hydrogens is 356 g/mol. The molecule has 0 aliphatic rings. The molecule has 8 heteroatoms. The summed E-state index contributed by atoms with van der Waals surface area (Å²) in [6, 6.07) is 6.50. The highest BCUT2D eigenvalue weighted by Gasteiger charge is 2.08. The molecule has 0 unspecified atom stereocenters. The largest absolute Gasteiger partial charge is 0.481 e. The zero-order valence-corrected chi connectivity index (χ0v) is 15.3. The van der Waals surface area contributed by atoms with Crippen LogP contribution in [0.15, 0.2) is 24.3 Å². The Hall–Kier alpha value is -2.90. The van der Waals surface area contributed by atoms with E-state index in [0.717, 1.165) is 6.42 Å². The first kappa shape index (κ1) is 22.1. The average molecular weight is 380 g/mol. The molecule has 0 aromatic heterocycles. The van der Waals surface area contributed by atoms with E-state index in [-0.39, 0.29) is 37.8 Å². The van der Waals surface area contributed by atoms with Crippen molar-refractivity contribution < 1.29 is 38.5 Å². The molecule has 0 bridgehead atoms. The van der Waals surface area contributed by atoms with Gasteiger partial charge >= 0.3 is 23.9 Å². The van der Waals surface area contributed by atoms with Gasteiger partial charge in [-0.2, -0.15) is 0 Å². The summed E-state index contributed by atoms with van der Waals surface area (Å²) in [4.78, 5) is 44.4. The number of carboxylic acids is 1. The van der Waals surface area contributed by atoms with Crippen molar-refractivity contribution in [3.8, 4) is 5.75 Å². The highest BCUT2D eigenvalue weighted by molar-refractivity contribution is 5.76. The third-order valence-corrected chi connectivity index (χ3v) is 3.59. The minimum absolute atomic E-state index is 0.0207. The van der Waals surface area contributed by atoms with Crippen molar-refractivity contribution >= 4 is 23.9 Å². The van der Waals surface area contributed by atoms with E-state index in [2.05, 4.69) is 4.74 Å². The Kier molecular flexibility index (Phi) is 10.2. The lowest BCUT2D eigenvalue weighted by atomic mass is 10.1. The molecule has 1 aromatic rings. The summed E-state index contributed by atoms with van der Waals surface area (Å²) in [5.41, 5.74) is 0.696. The van der Waals surface area contributed by atoms with Crippen molar-refractivity contribution in [2.45, 2.75) is 51.6 Å². The van der Waals surface area contributed by atoms with Crippen molar-refractivity contribution in [2.24, 2.45) is 0 Å². The summed E-state index contributed by atoms with van der Waals surface area (Å²) in [7, 11) is 1.34. The third-order valence-electron chi connectivity index (χ3n) is 3.59. The fourth-order valence-corrected chi connectivity index (χ4v) is 2.10. The first-order valence-electron chi connectivity index (χ1n) is 8.64. The Bertz CT molecular complexity index is 636. The van der Waals surface area contributed by atoms with Crippen LogP contribution in [0.3, 0.4) is 0 Å². The Morgan fingerprint density at radius 2 is 1.44 bits per heavy atom. The standard InChI is InChI=1S/C19H24O8/c1-25-17(22)5-3-2-4-6-19(24)27-15-9-7-14(8-10-15)13-26-18(23)12-11-16(20)21/h7-10H,2-6,11-13H2,1H3,(H,20,21). The van der Waals surface area contributed by atoms with Gasteiger partial charge in [-0.15, -0.1) is 0 Å². The monoisotopic (exact) mass is 380 g/mol. The maximum Gasteiger partial charge on any atom is 0.311 e. The van der Waals surface area contributed by atoms with E-state index < -0.39 is 11.9 Å². The molecule has 0 atom stereocenters. The zero-order valence-electron chi connectivity index (χ0n) is 15.3. The van der Waals surface area contributed by atoms with Gasteiger partial charge in [0, 0.05) is 12.8 Å². The molecule has 1 rings (SSSR count). The molecule has 1 aromatic carbocycles. The summed E-state index contributed by atoms with van der Waals surface area (Å²) >= 11 is 0. The predicted octanol–water partition coefficient (Wildman–Crippen LogP) is 2.62. The van der Waals surface area contributed by atoms with Gasteiger partial charge in [0.2, 0.25) is 0 Å². The van der Waals surface area contributed by atoms with Crippen LogP contribution < -0.4 is 4.74 Å². The first-order valence-corrected chi connectivity index (χ1v) is 8.64. The van der Waals surface area contributed by atoms with Crippen LogP contribution in [0.5, 0.6) is 5.75 Å². The van der Waals surface area contributed by atoms with Crippen molar-refractivity contribution in [3.05, 3.63) is 29.8 Å². The Labute approximate surface area is 157 Å². The lowest BCUT2D eigenvalue weighted by Gasteiger charge is -2.07. The molecule has 0 fully saturated rings. The van der Waals surface area contributed by atoms with E-state index in [0.29, 0.717) is 30.6 Å². The number of ether oxygens (including phenoxy) is 3. The summed E-state index contributed by atoms with van der Waals surface area (Å²) in [6.07, 6.45) is 2.18. The maximum absolute atomic E-state index is 11.8. The molecule has 8 nitrogen and oxygen atoms in total. The minimum Gasteiger partial charge on any atom is -0.481 e. The molecule has 0 heterocycles. The van der Waals surface area contributed by atoms with Crippen molar-refractivity contribution in [3.63, 3.8) is 0 Å². The van der Waals surface area contributed by atoms with Gasteiger partial charge in [-0.1, -0.05) is 18.6 Å². The van der Waals surface area contributed by atoms with Crippen LogP contribution in [0.25, 0.3) is 0 Å². The first-order chi connectivity index (χ1) is 12.9. The quantitative estimate of drug-likeness (QED) is 0.334. The number of carboxylic acid groups (broad SMARTS) is 1. The smallest absolute Gasteiger partial charge is 0.311 e. The van der Waals surface area contributed by atoms with E-state index in [1.54, 1.807) is 24.3 Å². The Balaban J connectivity index is 2.25. The van der Waals surface area contributed by atoms with E-state index >= 15 is 0 Å². The maximum atomic E-state index is 11.8. The van der Waals surface area contributed by atoms with Crippen LogP contribution in [0.1, 0.15) is 50.5 Å².